The van der Waals surface area contributed by atoms with Crippen molar-refractivity contribution in [3.05, 3.63) is 33.8 Å². The minimum absolute atomic E-state index is 0.229. The van der Waals surface area contributed by atoms with Crippen LogP contribution in [0.15, 0.2) is 22.7 Å². The van der Waals surface area contributed by atoms with Gasteiger partial charge in [0.25, 0.3) is 0 Å². The first kappa shape index (κ1) is 12.7. The molecular formula is C12H19BrN2. The van der Waals surface area contributed by atoms with Crippen LogP contribution in [0.1, 0.15) is 37.4 Å². The maximum absolute atomic E-state index is 5.60. The van der Waals surface area contributed by atoms with Gasteiger partial charge in [0, 0.05) is 10.5 Å². The van der Waals surface area contributed by atoms with E-state index in [0.29, 0.717) is 5.92 Å². The van der Waals surface area contributed by atoms with E-state index in [1.165, 1.54) is 11.1 Å². The van der Waals surface area contributed by atoms with E-state index < -0.39 is 0 Å². The van der Waals surface area contributed by atoms with Crippen molar-refractivity contribution in [1.82, 2.24) is 5.43 Å². The molecule has 1 aromatic rings. The average molecular weight is 271 g/mol. The summed E-state index contributed by atoms with van der Waals surface area (Å²) in [6.07, 6.45) is 1.11. The van der Waals surface area contributed by atoms with E-state index in [-0.39, 0.29) is 6.04 Å². The number of rotatable bonds is 4. The third-order valence-corrected chi connectivity index (χ3v) is 3.80. The minimum Gasteiger partial charge on any atom is -0.271 e. The molecular weight excluding hydrogens is 252 g/mol. The van der Waals surface area contributed by atoms with Crippen LogP contribution in [0, 0.1) is 12.8 Å². The maximum atomic E-state index is 5.60. The molecule has 0 fully saturated rings. The third-order valence-electron chi connectivity index (χ3n) is 2.95. The van der Waals surface area contributed by atoms with Gasteiger partial charge < -0.3 is 0 Å². The molecule has 1 aromatic carbocycles. The summed E-state index contributed by atoms with van der Waals surface area (Å²) >= 11 is 3.55. The zero-order valence-electron chi connectivity index (χ0n) is 9.55. The predicted octanol–water partition coefficient (Wildman–Crippen LogP) is 3.31. The fraction of sp³-hybridized carbons (Fsp3) is 0.500. The van der Waals surface area contributed by atoms with Crippen LogP contribution in [0.3, 0.4) is 0 Å². The molecule has 0 saturated heterocycles. The largest absolute Gasteiger partial charge is 0.271 e. The summed E-state index contributed by atoms with van der Waals surface area (Å²) in [5.74, 6) is 6.14. The van der Waals surface area contributed by atoms with Gasteiger partial charge in [-0.2, -0.15) is 0 Å². The van der Waals surface area contributed by atoms with E-state index in [1.807, 2.05) is 0 Å². The van der Waals surface area contributed by atoms with Crippen LogP contribution in [0.2, 0.25) is 0 Å². The van der Waals surface area contributed by atoms with Crippen LogP contribution in [0.5, 0.6) is 0 Å². The van der Waals surface area contributed by atoms with Crippen molar-refractivity contribution in [3.63, 3.8) is 0 Å². The van der Waals surface area contributed by atoms with Gasteiger partial charge in [0.15, 0.2) is 0 Å². The molecule has 3 heteroatoms. The molecule has 0 aromatic heterocycles. The Hall–Kier alpha value is -0.380. The lowest BCUT2D eigenvalue weighted by molar-refractivity contribution is 0.383. The van der Waals surface area contributed by atoms with Crippen molar-refractivity contribution < 1.29 is 0 Å². The Morgan fingerprint density at radius 2 is 2.13 bits per heavy atom. The highest BCUT2D eigenvalue weighted by molar-refractivity contribution is 9.10. The van der Waals surface area contributed by atoms with Crippen LogP contribution in [-0.2, 0) is 0 Å². The molecule has 0 saturated carbocycles. The summed E-state index contributed by atoms with van der Waals surface area (Å²) in [4.78, 5) is 0. The molecule has 0 aliphatic heterocycles. The van der Waals surface area contributed by atoms with Crippen LogP contribution >= 0.6 is 15.9 Å². The highest BCUT2D eigenvalue weighted by Gasteiger charge is 2.16. The van der Waals surface area contributed by atoms with Crippen molar-refractivity contribution in [2.24, 2.45) is 11.8 Å². The van der Waals surface area contributed by atoms with Crippen molar-refractivity contribution in [2.45, 2.75) is 33.2 Å². The smallest absolute Gasteiger partial charge is 0.0485 e. The summed E-state index contributed by atoms with van der Waals surface area (Å²) < 4.78 is 1.14. The van der Waals surface area contributed by atoms with Gasteiger partial charge in [-0.15, -0.1) is 0 Å². The quantitative estimate of drug-likeness (QED) is 0.651. The Kier molecular flexibility index (Phi) is 4.77. The first-order valence-corrected chi connectivity index (χ1v) is 6.11. The van der Waals surface area contributed by atoms with Gasteiger partial charge >= 0.3 is 0 Å². The molecule has 0 aliphatic carbocycles. The maximum Gasteiger partial charge on any atom is 0.0485 e. The highest BCUT2D eigenvalue weighted by Crippen LogP contribution is 2.27. The van der Waals surface area contributed by atoms with Crippen molar-refractivity contribution in [1.29, 1.82) is 0 Å². The third kappa shape index (κ3) is 3.03. The second-order valence-corrected chi connectivity index (χ2v) is 4.89. The summed E-state index contributed by atoms with van der Waals surface area (Å²) in [6.45, 7) is 6.47. The first-order valence-electron chi connectivity index (χ1n) is 5.32. The Balaban J connectivity index is 2.97. The molecule has 2 atom stereocenters. The number of halogens is 1. The zero-order valence-corrected chi connectivity index (χ0v) is 11.1. The number of benzene rings is 1. The molecule has 1 rings (SSSR count). The number of hydrogen-bond acceptors (Lipinski definition) is 2. The Morgan fingerprint density at radius 3 is 2.60 bits per heavy atom. The minimum atomic E-state index is 0.229. The van der Waals surface area contributed by atoms with E-state index in [0.717, 1.165) is 10.9 Å². The SMILES string of the molecule is CCC(C)C(NN)c1ccc(C)c(Br)c1. The lowest BCUT2D eigenvalue weighted by atomic mass is 9.92. The molecule has 0 heterocycles. The number of nitrogens with two attached hydrogens (primary N) is 1. The van der Waals surface area contributed by atoms with E-state index in [1.54, 1.807) is 0 Å². The van der Waals surface area contributed by atoms with Crippen LogP contribution in [-0.4, -0.2) is 0 Å². The monoisotopic (exact) mass is 270 g/mol. The lowest BCUT2D eigenvalue weighted by Gasteiger charge is -2.23. The Morgan fingerprint density at radius 1 is 1.47 bits per heavy atom. The zero-order chi connectivity index (χ0) is 11.4. The van der Waals surface area contributed by atoms with Crippen molar-refractivity contribution >= 4 is 15.9 Å². The fourth-order valence-corrected chi connectivity index (χ4v) is 2.02. The van der Waals surface area contributed by atoms with Crippen LogP contribution in [0.25, 0.3) is 0 Å². The molecule has 0 radical (unpaired) electrons. The number of aryl methyl sites for hydroxylation is 1. The molecule has 2 nitrogen and oxygen atoms in total. The second-order valence-electron chi connectivity index (χ2n) is 4.04. The van der Waals surface area contributed by atoms with Gasteiger partial charge in [-0.1, -0.05) is 48.3 Å². The number of hydrazine groups is 1. The predicted molar refractivity (Wildman–Crippen MR) is 68.4 cm³/mol. The number of nitrogens with one attached hydrogen (secondary N) is 1. The van der Waals surface area contributed by atoms with E-state index >= 15 is 0 Å². The summed E-state index contributed by atoms with van der Waals surface area (Å²) in [5, 5.41) is 0. The van der Waals surface area contributed by atoms with Gasteiger partial charge in [0.2, 0.25) is 0 Å². The average Bonchev–Trinajstić information content (AvgIpc) is 2.24. The fourth-order valence-electron chi connectivity index (χ4n) is 1.63. The van der Waals surface area contributed by atoms with Gasteiger partial charge in [0.1, 0.15) is 0 Å². The second kappa shape index (κ2) is 5.64. The molecule has 0 spiro atoms. The normalized spacial score (nSPS) is 15.0. The van der Waals surface area contributed by atoms with E-state index in [4.69, 9.17) is 5.84 Å². The van der Waals surface area contributed by atoms with Gasteiger partial charge in [0.05, 0.1) is 0 Å². The summed E-state index contributed by atoms with van der Waals surface area (Å²) in [7, 11) is 0. The topological polar surface area (TPSA) is 38.0 Å². The molecule has 15 heavy (non-hydrogen) atoms. The van der Waals surface area contributed by atoms with E-state index in [9.17, 15) is 0 Å². The molecule has 0 amide bonds. The highest BCUT2D eigenvalue weighted by atomic mass is 79.9. The molecule has 0 aliphatic rings. The Labute approximate surface area is 100 Å². The molecule has 0 bridgehead atoms. The van der Waals surface area contributed by atoms with Gasteiger partial charge in [-0.25, -0.2) is 0 Å². The lowest BCUT2D eigenvalue weighted by Crippen LogP contribution is -2.32. The van der Waals surface area contributed by atoms with Gasteiger partial charge in [-0.3, -0.25) is 11.3 Å². The van der Waals surface area contributed by atoms with Crippen LogP contribution < -0.4 is 11.3 Å². The Bertz CT molecular complexity index is 325. The molecule has 2 unspecified atom stereocenters. The molecule has 84 valence electrons. The van der Waals surface area contributed by atoms with Crippen molar-refractivity contribution in [2.75, 3.05) is 0 Å². The van der Waals surface area contributed by atoms with Gasteiger partial charge in [-0.05, 0) is 30.0 Å². The molecule has 3 N–H and O–H groups in total. The summed E-state index contributed by atoms with van der Waals surface area (Å²) in [5.41, 5.74) is 5.38. The van der Waals surface area contributed by atoms with Crippen LogP contribution in [0.4, 0.5) is 0 Å². The summed E-state index contributed by atoms with van der Waals surface area (Å²) in [6, 6.07) is 6.63. The number of hydrogen-bond donors (Lipinski definition) is 2. The van der Waals surface area contributed by atoms with Crippen molar-refractivity contribution in [3.8, 4) is 0 Å². The van der Waals surface area contributed by atoms with E-state index in [2.05, 4.69) is 60.3 Å². The first-order chi connectivity index (χ1) is 7.10. The standard InChI is InChI=1S/C12H19BrN2/c1-4-8(2)12(15-14)10-6-5-9(3)11(13)7-10/h5-8,12,15H,4,14H2,1-3H3.